The quantitative estimate of drug-likeness (QED) is 0.327. The van der Waals surface area contributed by atoms with E-state index in [9.17, 15) is 0 Å². The molecule has 0 rings (SSSR count). The van der Waals surface area contributed by atoms with Crippen molar-refractivity contribution >= 4 is 7.28 Å². The zero-order valence-electron chi connectivity index (χ0n) is 5.23. The molecule has 11 heavy (non-hydrogen) atoms. The largest absolute Gasteiger partial charge is 0.180 e. The van der Waals surface area contributed by atoms with Gasteiger partial charge >= 0.3 is 0 Å². The summed E-state index contributed by atoms with van der Waals surface area (Å²) in [7, 11) is 0.134. The Hall–Kier alpha value is -0.545. The van der Waals surface area contributed by atoms with Gasteiger partial charge in [-0.2, -0.15) is 12.8 Å². The van der Waals surface area contributed by atoms with Gasteiger partial charge in [0.05, 0.1) is 6.08 Å². The summed E-state index contributed by atoms with van der Waals surface area (Å²) in [5, 5.41) is 0. The first-order chi connectivity index (χ1) is 3.41. The van der Waals surface area contributed by atoms with Gasteiger partial charge in [0.15, 0.2) is 0 Å². The predicted octanol–water partition coefficient (Wildman–Crippen LogP) is 3.64. The highest BCUT2D eigenvalue weighted by Gasteiger charge is 1.65. The third-order valence-corrected chi connectivity index (χ3v) is 0.744. The Morgan fingerprint density at radius 3 is 1.82 bits per heavy atom. The first kappa shape index (κ1) is 31.4. The second kappa shape index (κ2) is 34.1. The summed E-state index contributed by atoms with van der Waals surface area (Å²) in [6.45, 7) is 4.20. The highest BCUT2D eigenvalue weighted by atomic mass is 13.5. The molecule has 0 aliphatic rings. The van der Waals surface area contributed by atoms with Crippen molar-refractivity contribution in [1.82, 2.24) is 0 Å². The van der Waals surface area contributed by atoms with Crippen molar-refractivity contribution in [3.8, 4) is 0 Å². The molecular formula is C10H27B. The molecule has 0 heterocycles. The fourth-order valence-electron chi connectivity index (χ4n) is 0.359. The molecule has 0 N–H and O–H groups in total. The number of hydrogen-bond acceptors (Lipinski definition) is 0. The first-order valence-corrected chi connectivity index (χ1v) is 3.03. The Labute approximate surface area is 75.7 Å². The summed E-state index contributed by atoms with van der Waals surface area (Å²) in [6, 6.07) is 0. The maximum Gasteiger partial charge on any atom is 0.147 e. The Morgan fingerprint density at radius 1 is 1.09 bits per heavy atom. The van der Waals surface area contributed by atoms with Crippen LogP contribution >= 0.6 is 0 Å². The monoisotopic (exact) mass is 158 g/mol. The van der Waals surface area contributed by atoms with E-state index in [0.717, 1.165) is 0 Å². The predicted molar refractivity (Wildman–Crippen MR) is 64.0 cm³/mol. The molecule has 0 aromatic rings. The minimum absolute atomic E-state index is 0. The van der Waals surface area contributed by atoms with Crippen LogP contribution in [0.3, 0.4) is 0 Å². The molecule has 0 unspecified atom stereocenters. The van der Waals surface area contributed by atoms with E-state index in [1.54, 1.807) is 0 Å². The van der Waals surface area contributed by atoms with Crippen molar-refractivity contribution in [2.75, 3.05) is 0 Å². The smallest absolute Gasteiger partial charge is 0.147 e. The van der Waals surface area contributed by atoms with E-state index in [1.807, 2.05) is 25.2 Å². The fourth-order valence-corrected chi connectivity index (χ4v) is 0.359. The maximum absolute atomic E-state index is 3.16. The SMILES string of the molecule is C.C.C.C.C[BH2-][C+]=CC=CC. The van der Waals surface area contributed by atoms with E-state index in [4.69, 9.17) is 0 Å². The van der Waals surface area contributed by atoms with Crippen molar-refractivity contribution in [1.29, 1.82) is 0 Å². The van der Waals surface area contributed by atoms with Crippen LogP contribution in [0.1, 0.15) is 36.6 Å². The lowest BCUT2D eigenvalue weighted by Crippen LogP contribution is -1.67. The standard InChI is InChI=1S/C6H11B.4CH4/c1-3-4-5-6-7-2;;;;/h3-5H,7H2,1-2H3;4*1H4. The normalized spacial score (nSPS) is 6.73. The van der Waals surface area contributed by atoms with Crippen molar-refractivity contribution < 1.29 is 0 Å². The lowest BCUT2D eigenvalue weighted by molar-refractivity contribution is 1.73. The van der Waals surface area contributed by atoms with E-state index in [-0.39, 0.29) is 37.0 Å². The van der Waals surface area contributed by atoms with Crippen LogP contribution < -0.4 is 0 Å². The lowest BCUT2D eigenvalue weighted by Gasteiger charge is -1.63. The Bertz CT molecular complexity index is 72.9. The minimum atomic E-state index is 0. The second-order valence-corrected chi connectivity index (χ2v) is 1.48. The third kappa shape index (κ3) is 44.0. The fraction of sp³-hybridized carbons (Fsp3) is 0.600. The van der Waals surface area contributed by atoms with Crippen LogP contribution in [0.15, 0.2) is 18.2 Å². The van der Waals surface area contributed by atoms with Gasteiger partial charge < -0.3 is 0 Å². The Kier molecular flexibility index (Phi) is 97.2. The highest BCUT2D eigenvalue weighted by molar-refractivity contribution is 6.37. The van der Waals surface area contributed by atoms with E-state index in [2.05, 4.69) is 12.8 Å². The molecule has 0 amide bonds. The molecule has 0 atom stereocenters. The number of hydrogen-bond donors (Lipinski definition) is 0. The zero-order valence-corrected chi connectivity index (χ0v) is 5.23. The van der Waals surface area contributed by atoms with E-state index in [0.29, 0.717) is 0 Å². The van der Waals surface area contributed by atoms with Gasteiger partial charge in [-0.05, 0) is 13.0 Å². The van der Waals surface area contributed by atoms with Crippen molar-refractivity contribution in [3.05, 3.63) is 24.2 Å². The van der Waals surface area contributed by atoms with Crippen LogP contribution in [0.25, 0.3) is 0 Å². The minimum Gasteiger partial charge on any atom is -0.180 e. The molecule has 0 aliphatic carbocycles. The highest BCUT2D eigenvalue weighted by Crippen LogP contribution is 1.71. The van der Waals surface area contributed by atoms with Crippen molar-refractivity contribution in [2.24, 2.45) is 0 Å². The van der Waals surface area contributed by atoms with Gasteiger partial charge in [-0.1, -0.05) is 29.7 Å². The third-order valence-electron chi connectivity index (χ3n) is 0.744. The molecule has 0 fully saturated rings. The van der Waals surface area contributed by atoms with Crippen molar-refractivity contribution in [2.45, 2.75) is 43.5 Å². The van der Waals surface area contributed by atoms with Crippen LogP contribution in [0.2, 0.25) is 6.82 Å². The molecule has 1 heteroatoms. The molecule has 0 aliphatic heterocycles. The van der Waals surface area contributed by atoms with Crippen molar-refractivity contribution in [3.63, 3.8) is 0 Å². The van der Waals surface area contributed by atoms with Crippen LogP contribution in [-0.4, -0.2) is 7.28 Å². The summed E-state index contributed by atoms with van der Waals surface area (Å²) in [5.74, 6) is 3.16. The van der Waals surface area contributed by atoms with E-state index < -0.39 is 0 Å². The van der Waals surface area contributed by atoms with E-state index >= 15 is 0 Å². The molecule has 0 saturated carbocycles. The van der Waals surface area contributed by atoms with Gasteiger partial charge in [0.2, 0.25) is 0 Å². The van der Waals surface area contributed by atoms with Crippen LogP contribution in [0.4, 0.5) is 0 Å². The maximum atomic E-state index is 3.16. The van der Waals surface area contributed by atoms with Gasteiger partial charge in [0.25, 0.3) is 0 Å². The molecule has 0 saturated heterocycles. The molecule has 0 spiro atoms. The topological polar surface area (TPSA) is 0 Å². The zero-order chi connectivity index (χ0) is 5.54. The van der Waals surface area contributed by atoms with E-state index in [1.165, 1.54) is 0 Å². The van der Waals surface area contributed by atoms with Gasteiger partial charge in [-0.3, -0.25) is 0 Å². The Balaban J connectivity index is -0.0000000300. The summed E-state index contributed by atoms with van der Waals surface area (Å²) < 4.78 is 0. The average molecular weight is 158 g/mol. The first-order valence-electron chi connectivity index (χ1n) is 3.03. The molecule has 70 valence electrons. The van der Waals surface area contributed by atoms with Gasteiger partial charge in [-0.15, -0.1) is 0 Å². The summed E-state index contributed by atoms with van der Waals surface area (Å²) >= 11 is 0. The molecule has 0 aromatic carbocycles. The summed E-state index contributed by atoms with van der Waals surface area (Å²) in [4.78, 5) is 0. The van der Waals surface area contributed by atoms with Gasteiger partial charge in [0.1, 0.15) is 13.4 Å². The van der Waals surface area contributed by atoms with Crippen LogP contribution in [-0.2, 0) is 0 Å². The molecule has 0 nitrogen and oxygen atoms in total. The second-order valence-electron chi connectivity index (χ2n) is 1.48. The number of allylic oxidation sites excluding steroid dienone is 3. The molecule has 0 radical (unpaired) electrons. The molecular weight excluding hydrogens is 131 g/mol. The molecule has 0 aromatic heterocycles. The van der Waals surface area contributed by atoms with Gasteiger partial charge in [-0.25, -0.2) is 0 Å². The Morgan fingerprint density at radius 2 is 1.55 bits per heavy atom. The summed E-state index contributed by atoms with van der Waals surface area (Å²) in [6.07, 6.45) is 6.00. The lowest BCUT2D eigenvalue weighted by atomic mass is 9.82. The van der Waals surface area contributed by atoms with Crippen LogP contribution in [0.5, 0.6) is 0 Å². The van der Waals surface area contributed by atoms with Gasteiger partial charge in [0, 0.05) is 0 Å². The van der Waals surface area contributed by atoms with Crippen LogP contribution in [0, 0.1) is 5.98 Å². The number of rotatable bonds is 2. The average Bonchev–Trinajstić information content (AvgIpc) is 1.69. The molecule has 0 bridgehead atoms. The summed E-state index contributed by atoms with van der Waals surface area (Å²) in [5.41, 5.74) is 0.